The molecule has 1 aliphatic heterocycles. The Morgan fingerprint density at radius 3 is 2.35 bits per heavy atom. The standard InChI is InChI=1S/C19H21NO2S/c1-15-2-4-16(5-3-15)14-22-18-8-6-17(7-9-18)19(23)20-10-12-21-13-11-20/h2-9H,10-14H2,1H3. The summed E-state index contributed by atoms with van der Waals surface area (Å²) in [7, 11) is 0. The monoisotopic (exact) mass is 327 g/mol. The molecule has 3 nitrogen and oxygen atoms in total. The molecule has 1 saturated heterocycles. The van der Waals surface area contributed by atoms with E-state index in [4.69, 9.17) is 21.7 Å². The summed E-state index contributed by atoms with van der Waals surface area (Å²) in [5, 5.41) is 0. The molecule has 120 valence electrons. The van der Waals surface area contributed by atoms with Crippen LogP contribution in [0.2, 0.25) is 0 Å². The number of ether oxygens (including phenoxy) is 2. The van der Waals surface area contributed by atoms with Crippen LogP contribution in [0.4, 0.5) is 0 Å². The number of hydrogen-bond acceptors (Lipinski definition) is 3. The fourth-order valence-electron chi connectivity index (χ4n) is 2.49. The minimum Gasteiger partial charge on any atom is -0.489 e. The summed E-state index contributed by atoms with van der Waals surface area (Å²) in [6.07, 6.45) is 0. The third-order valence-corrected chi connectivity index (χ3v) is 4.42. The van der Waals surface area contributed by atoms with Crippen LogP contribution in [0.25, 0.3) is 0 Å². The zero-order chi connectivity index (χ0) is 16.1. The van der Waals surface area contributed by atoms with Gasteiger partial charge in [0.15, 0.2) is 0 Å². The van der Waals surface area contributed by atoms with Gasteiger partial charge in [0.25, 0.3) is 0 Å². The third-order valence-electron chi connectivity index (χ3n) is 3.93. The Balaban J connectivity index is 1.58. The van der Waals surface area contributed by atoms with Crippen LogP contribution < -0.4 is 4.74 Å². The van der Waals surface area contributed by atoms with E-state index in [1.807, 2.05) is 24.3 Å². The fourth-order valence-corrected chi connectivity index (χ4v) is 2.81. The lowest BCUT2D eigenvalue weighted by Gasteiger charge is -2.29. The lowest BCUT2D eigenvalue weighted by Crippen LogP contribution is -2.40. The van der Waals surface area contributed by atoms with Gasteiger partial charge in [-0.2, -0.15) is 0 Å². The van der Waals surface area contributed by atoms with Gasteiger partial charge in [0.2, 0.25) is 0 Å². The lowest BCUT2D eigenvalue weighted by atomic mass is 10.1. The molecule has 2 aromatic carbocycles. The van der Waals surface area contributed by atoms with Gasteiger partial charge in [-0.25, -0.2) is 0 Å². The predicted molar refractivity (Wildman–Crippen MR) is 96.0 cm³/mol. The number of hydrogen-bond donors (Lipinski definition) is 0. The summed E-state index contributed by atoms with van der Waals surface area (Å²) in [4.78, 5) is 3.08. The molecule has 0 amide bonds. The van der Waals surface area contributed by atoms with Crippen molar-refractivity contribution >= 4 is 17.2 Å². The van der Waals surface area contributed by atoms with Crippen LogP contribution in [0.15, 0.2) is 48.5 Å². The number of thiocarbonyl (C=S) groups is 1. The molecule has 0 aliphatic carbocycles. The average Bonchev–Trinajstić information content (AvgIpc) is 2.62. The highest BCUT2D eigenvalue weighted by Gasteiger charge is 2.14. The highest BCUT2D eigenvalue weighted by atomic mass is 32.1. The van der Waals surface area contributed by atoms with Gasteiger partial charge in [0.1, 0.15) is 17.3 Å². The second-order valence-electron chi connectivity index (χ2n) is 5.70. The summed E-state index contributed by atoms with van der Waals surface area (Å²) < 4.78 is 11.2. The Morgan fingerprint density at radius 2 is 1.70 bits per heavy atom. The highest BCUT2D eigenvalue weighted by Crippen LogP contribution is 2.17. The zero-order valence-corrected chi connectivity index (χ0v) is 14.1. The molecular formula is C19H21NO2S. The van der Waals surface area contributed by atoms with E-state index < -0.39 is 0 Å². The van der Waals surface area contributed by atoms with E-state index in [1.54, 1.807) is 0 Å². The fraction of sp³-hybridized carbons (Fsp3) is 0.316. The minimum atomic E-state index is 0.577. The van der Waals surface area contributed by atoms with Gasteiger partial charge in [0.05, 0.1) is 13.2 Å². The van der Waals surface area contributed by atoms with Crippen molar-refractivity contribution in [2.45, 2.75) is 13.5 Å². The Kier molecular flexibility index (Phi) is 5.26. The van der Waals surface area contributed by atoms with E-state index in [0.717, 1.165) is 42.6 Å². The van der Waals surface area contributed by atoms with Crippen molar-refractivity contribution in [1.29, 1.82) is 0 Å². The van der Waals surface area contributed by atoms with Gasteiger partial charge >= 0.3 is 0 Å². The molecule has 1 aliphatic rings. The number of benzene rings is 2. The quantitative estimate of drug-likeness (QED) is 0.800. The predicted octanol–water partition coefficient (Wildman–Crippen LogP) is 3.58. The van der Waals surface area contributed by atoms with Gasteiger partial charge in [-0.05, 0) is 36.8 Å². The summed E-state index contributed by atoms with van der Waals surface area (Å²) in [5.74, 6) is 0.860. The smallest absolute Gasteiger partial charge is 0.119 e. The summed E-state index contributed by atoms with van der Waals surface area (Å²) in [6, 6.07) is 16.4. The maximum absolute atomic E-state index is 5.84. The molecule has 0 atom stereocenters. The maximum atomic E-state index is 5.84. The van der Waals surface area contributed by atoms with Gasteiger partial charge in [0, 0.05) is 18.7 Å². The molecule has 1 fully saturated rings. The van der Waals surface area contributed by atoms with Crippen LogP contribution in [-0.4, -0.2) is 36.2 Å². The van der Waals surface area contributed by atoms with Gasteiger partial charge < -0.3 is 14.4 Å². The normalized spacial score (nSPS) is 14.6. The molecule has 0 radical (unpaired) electrons. The first-order valence-corrected chi connectivity index (χ1v) is 8.28. The van der Waals surface area contributed by atoms with Gasteiger partial charge in [-0.1, -0.05) is 42.0 Å². The van der Waals surface area contributed by atoms with Crippen LogP contribution in [-0.2, 0) is 11.3 Å². The van der Waals surface area contributed by atoms with Crippen molar-refractivity contribution < 1.29 is 9.47 Å². The van der Waals surface area contributed by atoms with E-state index in [1.165, 1.54) is 11.1 Å². The molecular weight excluding hydrogens is 306 g/mol. The topological polar surface area (TPSA) is 21.7 Å². The highest BCUT2D eigenvalue weighted by molar-refractivity contribution is 7.80. The second kappa shape index (κ2) is 7.57. The third kappa shape index (κ3) is 4.30. The van der Waals surface area contributed by atoms with E-state index in [2.05, 4.69) is 36.1 Å². The maximum Gasteiger partial charge on any atom is 0.119 e. The molecule has 0 N–H and O–H groups in total. The van der Waals surface area contributed by atoms with E-state index >= 15 is 0 Å². The number of nitrogens with zero attached hydrogens (tertiary/aromatic N) is 1. The molecule has 1 heterocycles. The number of morpholine rings is 1. The summed E-state index contributed by atoms with van der Waals surface area (Å²) >= 11 is 5.57. The van der Waals surface area contributed by atoms with Crippen LogP contribution in [0, 0.1) is 6.92 Å². The molecule has 0 saturated carbocycles. The van der Waals surface area contributed by atoms with Gasteiger partial charge in [-0.3, -0.25) is 0 Å². The Morgan fingerprint density at radius 1 is 1.04 bits per heavy atom. The first-order chi connectivity index (χ1) is 11.2. The molecule has 4 heteroatoms. The molecule has 0 bridgehead atoms. The van der Waals surface area contributed by atoms with Crippen molar-refractivity contribution in [3.63, 3.8) is 0 Å². The van der Waals surface area contributed by atoms with Crippen molar-refractivity contribution in [2.24, 2.45) is 0 Å². The van der Waals surface area contributed by atoms with Crippen LogP contribution in [0.1, 0.15) is 16.7 Å². The number of aryl methyl sites for hydroxylation is 1. The summed E-state index contributed by atoms with van der Waals surface area (Å²) in [5.41, 5.74) is 3.49. The second-order valence-corrected chi connectivity index (χ2v) is 6.09. The lowest BCUT2D eigenvalue weighted by molar-refractivity contribution is 0.0693. The number of rotatable bonds is 4. The average molecular weight is 327 g/mol. The van der Waals surface area contributed by atoms with E-state index in [9.17, 15) is 0 Å². The molecule has 0 aromatic heterocycles. The molecule has 23 heavy (non-hydrogen) atoms. The van der Waals surface area contributed by atoms with E-state index in [-0.39, 0.29) is 0 Å². The first kappa shape index (κ1) is 16.0. The Bertz CT molecular complexity index is 646. The van der Waals surface area contributed by atoms with Crippen LogP contribution in [0.3, 0.4) is 0 Å². The molecule has 3 rings (SSSR count). The Labute approximate surface area is 142 Å². The minimum absolute atomic E-state index is 0.577. The van der Waals surface area contributed by atoms with Crippen LogP contribution >= 0.6 is 12.2 Å². The Hall–Kier alpha value is -1.91. The van der Waals surface area contributed by atoms with Crippen molar-refractivity contribution in [3.8, 4) is 5.75 Å². The van der Waals surface area contributed by atoms with Crippen LogP contribution in [0.5, 0.6) is 5.75 Å². The van der Waals surface area contributed by atoms with Crippen molar-refractivity contribution in [3.05, 3.63) is 65.2 Å². The van der Waals surface area contributed by atoms with Crippen molar-refractivity contribution in [1.82, 2.24) is 4.90 Å². The molecule has 2 aromatic rings. The first-order valence-electron chi connectivity index (χ1n) is 7.88. The van der Waals surface area contributed by atoms with E-state index in [0.29, 0.717) is 6.61 Å². The molecule has 0 spiro atoms. The summed E-state index contributed by atoms with van der Waals surface area (Å²) in [6.45, 7) is 5.89. The zero-order valence-electron chi connectivity index (χ0n) is 13.3. The molecule has 0 unspecified atom stereocenters. The SMILES string of the molecule is Cc1ccc(COc2ccc(C(=S)N3CCOCC3)cc2)cc1. The van der Waals surface area contributed by atoms with Gasteiger partial charge in [-0.15, -0.1) is 0 Å². The van der Waals surface area contributed by atoms with Crippen molar-refractivity contribution in [2.75, 3.05) is 26.3 Å². The largest absolute Gasteiger partial charge is 0.489 e.